The van der Waals surface area contributed by atoms with Crippen LogP contribution in [-0.4, -0.2) is 67.9 Å². The van der Waals surface area contributed by atoms with Gasteiger partial charge < -0.3 is 15.0 Å². The first-order valence-electron chi connectivity index (χ1n) is 8.59. The zero-order chi connectivity index (χ0) is 20.0. The average molecular weight is 416 g/mol. The van der Waals surface area contributed by atoms with Crippen molar-refractivity contribution in [1.29, 1.82) is 0 Å². The molecule has 0 bridgehead atoms. The summed E-state index contributed by atoms with van der Waals surface area (Å²) in [6, 6.07) is 4.78. The van der Waals surface area contributed by atoms with E-state index in [1.807, 2.05) is 4.90 Å². The molecule has 0 saturated carbocycles. The minimum absolute atomic E-state index is 0.0717. The largest absolute Gasteiger partial charge is 0.469 e. The summed E-state index contributed by atoms with van der Waals surface area (Å²) < 4.78 is 4.76. The number of hydrogen-bond acceptors (Lipinski definition) is 5. The molecule has 0 unspecified atom stereocenters. The van der Waals surface area contributed by atoms with Gasteiger partial charge in [0.25, 0.3) is 0 Å². The summed E-state index contributed by atoms with van der Waals surface area (Å²) in [7, 11) is 2.97. The summed E-state index contributed by atoms with van der Waals surface area (Å²) in [6.07, 6.45) is 1.34. The monoisotopic (exact) mass is 415 g/mol. The van der Waals surface area contributed by atoms with Crippen molar-refractivity contribution in [3.05, 3.63) is 28.2 Å². The Hall–Kier alpha value is -1.83. The molecule has 1 aliphatic heterocycles. The van der Waals surface area contributed by atoms with E-state index in [9.17, 15) is 14.4 Å². The Morgan fingerprint density at radius 2 is 1.89 bits per heavy atom. The average Bonchev–Trinajstić information content (AvgIpc) is 2.64. The number of likely N-dealkylation sites (N-methyl/N-ethyl adjacent to an activating group) is 1. The maximum atomic E-state index is 12.3. The second kappa shape index (κ2) is 9.92. The summed E-state index contributed by atoms with van der Waals surface area (Å²) in [6.45, 7) is 1.44. The number of carbonyl (C=O) groups is 3. The molecule has 1 N–H and O–H groups in total. The van der Waals surface area contributed by atoms with Gasteiger partial charge in [0.1, 0.15) is 0 Å². The van der Waals surface area contributed by atoms with E-state index in [1.54, 1.807) is 25.2 Å². The van der Waals surface area contributed by atoms with Crippen LogP contribution < -0.4 is 5.32 Å². The number of rotatable bonds is 6. The normalized spacial score (nSPS) is 15.3. The van der Waals surface area contributed by atoms with Gasteiger partial charge in [-0.25, -0.2) is 0 Å². The van der Waals surface area contributed by atoms with Crippen molar-refractivity contribution in [2.75, 3.05) is 45.7 Å². The Labute approximate surface area is 168 Å². The number of methoxy groups -OCH3 is 1. The van der Waals surface area contributed by atoms with Crippen molar-refractivity contribution in [2.24, 2.45) is 5.92 Å². The highest BCUT2D eigenvalue weighted by atomic mass is 35.5. The quantitative estimate of drug-likeness (QED) is 0.720. The maximum absolute atomic E-state index is 12.3. The summed E-state index contributed by atoms with van der Waals surface area (Å²) in [5.74, 6) is -0.780. The molecule has 7 nitrogen and oxygen atoms in total. The zero-order valence-corrected chi connectivity index (χ0v) is 16.8. The highest BCUT2D eigenvalue weighted by molar-refractivity contribution is 6.42. The van der Waals surface area contributed by atoms with Gasteiger partial charge in [0.15, 0.2) is 0 Å². The van der Waals surface area contributed by atoms with Crippen LogP contribution in [-0.2, 0) is 19.1 Å². The number of ether oxygens (including phenoxy) is 1. The van der Waals surface area contributed by atoms with Gasteiger partial charge in [-0.05, 0) is 44.1 Å². The number of anilines is 1. The van der Waals surface area contributed by atoms with E-state index < -0.39 is 0 Å². The van der Waals surface area contributed by atoms with Crippen molar-refractivity contribution in [2.45, 2.75) is 12.8 Å². The van der Waals surface area contributed by atoms with Crippen molar-refractivity contribution in [3.63, 3.8) is 0 Å². The molecule has 0 atom stereocenters. The van der Waals surface area contributed by atoms with Crippen LogP contribution in [0.3, 0.4) is 0 Å². The van der Waals surface area contributed by atoms with Crippen molar-refractivity contribution < 1.29 is 19.1 Å². The molecule has 1 heterocycles. The van der Waals surface area contributed by atoms with Crippen molar-refractivity contribution >= 4 is 46.7 Å². The summed E-state index contributed by atoms with van der Waals surface area (Å²) in [5, 5.41) is 3.43. The molecule has 0 aliphatic carbocycles. The van der Waals surface area contributed by atoms with Crippen LogP contribution in [0.1, 0.15) is 12.8 Å². The number of nitrogens with one attached hydrogen (secondary N) is 1. The van der Waals surface area contributed by atoms with Gasteiger partial charge in [0.2, 0.25) is 11.8 Å². The van der Waals surface area contributed by atoms with Crippen LogP contribution in [0.5, 0.6) is 0 Å². The first-order chi connectivity index (χ1) is 12.8. The highest BCUT2D eigenvalue weighted by Gasteiger charge is 2.27. The van der Waals surface area contributed by atoms with Crippen LogP contribution in [0.25, 0.3) is 0 Å². The molecule has 148 valence electrons. The van der Waals surface area contributed by atoms with Crippen LogP contribution in [0.2, 0.25) is 10.0 Å². The molecule has 1 aromatic carbocycles. The fourth-order valence-electron chi connectivity index (χ4n) is 2.88. The van der Waals surface area contributed by atoms with Gasteiger partial charge in [-0.1, -0.05) is 23.2 Å². The third kappa shape index (κ3) is 6.37. The van der Waals surface area contributed by atoms with Gasteiger partial charge in [0, 0.05) is 12.7 Å². The number of likely N-dealkylation sites (tertiary alicyclic amines) is 1. The number of nitrogens with zero attached hydrogens (tertiary/aromatic N) is 2. The molecular formula is C18H23Cl2N3O4. The van der Waals surface area contributed by atoms with E-state index in [-0.39, 0.29) is 36.8 Å². The number of piperidine rings is 1. The second-order valence-electron chi connectivity index (χ2n) is 6.50. The third-order valence-corrected chi connectivity index (χ3v) is 5.23. The fraction of sp³-hybridized carbons (Fsp3) is 0.500. The molecule has 9 heteroatoms. The molecule has 2 amide bonds. The van der Waals surface area contributed by atoms with E-state index in [0.717, 1.165) is 0 Å². The van der Waals surface area contributed by atoms with Crippen LogP contribution in [0.15, 0.2) is 18.2 Å². The molecular weight excluding hydrogens is 393 g/mol. The molecule has 2 rings (SSSR count). The van der Waals surface area contributed by atoms with Gasteiger partial charge >= 0.3 is 5.97 Å². The number of carbonyl (C=O) groups excluding carboxylic acids is 3. The molecule has 27 heavy (non-hydrogen) atoms. The lowest BCUT2D eigenvalue weighted by Gasteiger charge is -2.31. The first-order valence-corrected chi connectivity index (χ1v) is 9.34. The summed E-state index contributed by atoms with van der Waals surface area (Å²) in [4.78, 5) is 39.4. The Morgan fingerprint density at radius 3 is 2.48 bits per heavy atom. The Kier molecular flexibility index (Phi) is 7.89. The number of halogens is 2. The standard InChI is InChI=1S/C18H23Cl2N3O4/c1-22(10-16(24)21-13-3-4-14(19)15(20)9-13)17(25)11-23-7-5-12(6-8-23)18(26)27-2/h3-4,9,12H,5-8,10-11H2,1-2H3,(H,21,24). The molecule has 0 spiro atoms. The summed E-state index contributed by atoms with van der Waals surface area (Å²) >= 11 is 11.8. The van der Waals surface area contributed by atoms with E-state index >= 15 is 0 Å². The van der Waals surface area contributed by atoms with Crippen molar-refractivity contribution in [1.82, 2.24) is 9.80 Å². The maximum Gasteiger partial charge on any atom is 0.308 e. The number of amides is 2. The number of esters is 1. The number of hydrogen-bond donors (Lipinski definition) is 1. The smallest absolute Gasteiger partial charge is 0.308 e. The molecule has 1 aliphatic rings. The first kappa shape index (κ1) is 21.5. The van der Waals surface area contributed by atoms with Crippen LogP contribution in [0.4, 0.5) is 5.69 Å². The molecule has 0 aromatic heterocycles. The van der Waals surface area contributed by atoms with E-state index in [4.69, 9.17) is 27.9 Å². The Morgan fingerprint density at radius 1 is 1.22 bits per heavy atom. The predicted molar refractivity (Wildman–Crippen MR) is 104 cm³/mol. The third-order valence-electron chi connectivity index (χ3n) is 4.49. The van der Waals surface area contributed by atoms with Crippen LogP contribution >= 0.6 is 23.2 Å². The van der Waals surface area contributed by atoms with Crippen LogP contribution in [0, 0.1) is 5.92 Å². The lowest BCUT2D eigenvalue weighted by Crippen LogP contribution is -2.45. The SMILES string of the molecule is COC(=O)C1CCN(CC(=O)N(C)CC(=O)Nc2ccc(Cl)c(Cl)c2)CC1. The molecule has 1 aromatic rings. The fourth-order valence-corrected chi connectivity index (χ4v) is 3.18. The topological polar surface area (TPSA) is 79.0 Å². The highest BCUT2D eigenvalue weighted by Crippen LogP contribution is 2.25. The van der Waals surface area contributed by atoms with E-state index in [1.165, 1.54) is 12.0 Å². The lowest BCUT2D eigenvalue weighted by molar-refractivity contribution is -0.147. The zero-order valence-electron chi connectivity index (χ0n) is 15.3. The number of benzene rings is 1. The van der Waals surface area contributed by atoms with Gasteiger partial charge in [-0.3, -0.25) is 19.3 Å². The Bertz CT molecular complexity index is 706. The minimum atomic E-state index is -0.325. The van der Waals surface area contributed by atoms with E-state index in [0.29, 0.717) is 41.7 Å². The second-order valence-corrected chi connectivity index (χ2v) is 7.31. The summed E-state index contributed by atoms with van der Waals surface area (Å²) in [5.41, 5.74) is 0.514. The predicted octanol–water partition coefficient (Wildman–Crippen LogP) is 2.28. The van der Waals surface area contributed by atoms with Gasteiger partial charge in [-0.15, -0.1) is 0 Å². The van der Waals surface area contributed by atoms with E-state index in [2.05, 4.69) is 5.32 Å². The molecule has 1 fully saturated rings. The Balaban J connectivity index is 1.77. The van der Waals surface area contributed by atoms with Gasteiger partial charge in [-0.2, -0.15) is 0 Å². The van der Waals surface area contributed by atoms with Crippen molar-refractivity contribution in [3.8, 4) is 0 Å². The molecule has 0 radical (unpaired) electrons. The lowest BCUT2D eigenvalue weighted by atomic mass is 9.97. The minimum Gasteiger partial charge on any atom is -0.469 e. The molecule has 1 saturated heterocycles. The van der Waals surface area contributed by atoms with Gasteiger partial charge in [0.05, 0.1) is 36.2 Å².